The van der Waals surface area contributed by atoms with Crippen molar-refractivity contribution in [1.82, 2.24) is 15.8 Å². The van der Waals surface area contributed by atoms with E-state index in [1.165, 1.54) is 0 Å². The summed E-state index contributed by atoms with van der Waals surface area (Å²) in [6, 6.07) is 23.8. The van der Waals surface area contributed by atoms with Gasteiger partial charge < -0.3 is 9.47 Å². The second-order valence-electron chi connectivity index (χ2n) is 7.34. The van der Waals surface area contributed by atoms with E-state index in [1.54, 1.807) is 49.7 Å². The van der Waals surface area contributed by atoms with Crippen molar-refractivity contribution in [2.75, 3.05) is 7.11 Å². The summed E-state index contributed by atoms with van der Waals surface area (Å²) in [6.45, 7) is 0.343. The Hall–Kier alpha value is -4.39. The first-order valence-electron chi connectivity index (χ1n) is 10.4. The van der Waals surface area contributed by atoms with Crippen LogP contribution < -0.4 is 20.3 Å². The summed E-state index contributed by atoms with van der Waals surface area (Å²) in [4.78, 5) is 28.8. The van der Waals surface area contributed by atoms with Crippen LogP contribution in [0.2, 0.25) is 0 Å². The Kier molecular flexibility index (Phi) is 6.80. The van der Waals surface area contributed by atoms with Crippen LogP contribution in [0.1, 0.15) is 21.5 Å². The molecule has 0 aliphatic carbocycles. The molecule has 4 rings (SSSR count). The summed E-state index contributed by atoms with van der Waals surface area (Å²) in [5, 5.41) is 1.01. The minimum Gasteiger partial charge on any atom is -0.497 e. The number of pyridine rings is 1. The number of rotatable bonds is 7. The van der Waals surface area contributed by atoms with E-state index < -0.39 is 5.91 Å². The van der Waals surface area contributed by atoms with E-state index in [2.05, 4.69) is 15.8 Å². The van der Waals surface area contributed by atoms with Crippen molar-refractivity contribution in [3.05, 3.63) is 102 Å². The highest BCUT2D eigenvalue weighted by molar-refractivity contribution is 5.95. The summed E-state index contributed by atoms with van der Waals surface area (Å²) in [6.07, 6.45) is 1.88. The van der Waals surface area contributed by atoms with Crippen LogP contribution in [0.3, 0.4) is 0 Å². The number of benzene rings is 3. The number of carbonyl (C=O) groups is 2. The Bertz CT molecular complexity index is 1250. The van der Waals surface area contributed by atoms with Gasteiger partial charge in [0.05, 0.1) is 13.5 Å². The standard InChI is InChI=1S/C26H23N3O4/c1-32-22-13-9-18(10-14-22)16-24(30)28-29-26(31)21-11-7-19(8-12-21)17-33-23-6-2-4-20-5-3-15-27-25(20)23/h2-15H,16-17H2,1H3,(H,28,30)(H,29,31). The van der Waals surface area contributed by atoms with Gasteiger partial charge >= 0.3 is 0 Å². The van der Waals surface area contributed by atoms with Crippen molar-refractivity contribution in [3.63, 3.8) is 0 Å². The molecule has 0 fully saturated rings. The zero-order valence-corrected chi connectivity index (χ0v) is 18.1. The Morgan fingerprint density at radius 3 is 2.33 bits per heavy atom. The van der Waals surface area contributed by atoms with E-state index >= 15 is 0 Å². The molecule has 0 saturated carbocycles. The SMILES string of the molecule is COc1ccc(CC(=O)NNC(=O)c2ccc(COc3cccc4cccnc34)cc2)cc1. The molecule has 33 heavy (non-hydrogen) atoms. The zero-order chi connectivity index (χ0) is 23.0. The fourth-order valence-corrected chi connectivity index (χ4v) is 3.28. The smallest absolute Gasteiger partial charge is 0.269 e. The number of carbonyl (C=O) groups excluding carboxylic acids is 2. The molecule has 0 saturated heterocycles. The van der Waals surface area contributed by atoms with Gasteiger partial charge in [0, 0.05) is 17.1 Å². The summed E-state index contributed by atoms with van der Waals surface area (Å²) in [5.41, 5.74) is 7.82. The van der Waals surface area contributed by atoms with Gasteiger partial charge in [0.1, 0.15) is 23.6 Å². The van der Waals surface area contributed by atoms with Crippen molar-refractivity contribution >= 4 is 22.7 Å². The first kappa shape index (κ1) is 21.8. The largest absolute Gasteiger partial charge is 0.497 e. The van der Waals surface area contributed by atoms with Crippen molar-refractivity contribution < 1.29 is 19.1 Å². The van der Waals surface area contributed by atoms with Crippen LogP contribution in [-0.2, 0) is 17.8 Å². The third-order valence-corrected chi connectivity index (χ3v) is 5.05. The molecule has 166 valence electrons. The molecule has 2 amide bonds. The number of hydrazine groups is 1. The minimum absolute atomic E-state index is 0.142. The third kappa shape index (κ3) is 5.65. The second kappa shape index (κ2) is 10.3. The Labute approximate surface area is 191 Å². The molecule has 0 atom stereocenters. The molecule has 1 aromatic heterocycles. The maximum Gasteiger partial charge on any atom is 0.269 e. The number of methoxy groups -OCH3 is 1. The lowest BCUT2D eigenvalue weighted by molar-refractivity contribution is -0.121. The quantitative estimate of drug-likeness (QED) is 0.426. The van der Waals surface area contributed by atoms with Gasteiger partial charge in [-0.15, -0.1) is 0 Å². The fourth-order valence-electron chi connectivity index (χ4n) is 3.28. The molecule has 0 aliphatic heterocycles. The summed E-state index contributed by atoms with van der Waals surface area (Å²) >= 11 is 0. The maximum atomic E-state index is 12.3. The number of aromatic nitrogens is 1. The van der Waals surface area contributed by atoms with Gasteiger partial charge in [-0.25, -0.2) is 0 Å². The Balaban J connectivity index is 1.28. The molecule has 1 heterocycles. The average Bonchev–Trinajstić information content (AvgIpc) is 2.87. The number of nitrogens with one attached hydrogen (secondary N) is 2. The second-order valence-corrected chi connectivity index (χ2v) is 7.34. The Morgan fingerprint density at radius 2 is 1.58 bits per heavy atom. The summed E-state index contributed by atoms with van der Waals surface area (Å²) in [7, 11) is 1.58. The van der Waals surface area contributed by atoms with E-state index in [4.69, 9.17) is 9.47 Å². The molecule has 0 bridgehead atoms. The lowest BCUT2D eigenvalue weighted by atomic mass is 10.1. The number of fused-ring (bicyclic) bond motifs is 1. The molecule has 3 aromatic carbocycles. The van der Waals surface area contributed by atoms with Crippen molar-refractivity contribution in [2.45, 2.75) is 13.0 Å². The molecule has 4 aromatic rings. The topological polar surface area (TPSA) is 89.6 Å². The molecule has 0 spiro atoms. The van der Waals surface area contributed by atoms with Gasteiger partial charge in [-0.05, 0) is 47.5 Å². The van der Waals surface area contributed by atoms with E-state index in [0.717, 1.165) is 27.8 Å². The number of para-hydroxylation sites is 1. The Morgan fingerprint density at radius 1 is 0.848 bits per heavy atom. The number of hydrogen-bond donors (Lipinski definition) is 2. The number of ether oxygens (including phenoxy) is 2. The molecule has 0 unspecified atom stereocenters. The van der Waals surface area contributed by atoms with Gasteiger partial charge in [-0.3, -0.25) is 25.4 Å². The van der Waals surface area contributed by atoms with E-state index in [9.17, 15) is 9.59 Å². The predicted molar refractivity (Wildman–Crippen MR) is 125 cm³/mol. The molecule has 7 heteroatoms. The van der Waals surface area contributed by atoms with Crippen molar-refractivity contribution in [2.24, 2.45) is 0 Å². The highest BCUT2D eigenvalue weighted by Crippen LogP contribution is 2.23. The molecule has 0 aliphatic rings. The summed E-state index contributed by atoms with van der Waals surface area (Å²) in [5.74, 6) is 0.704. The van der Waals surface area contributed by atoms with Gasteiger partial charge in [0.25, 0.3) is 5.91 Å². The van der Waals surface area contributed by atoms with E-state index in [0.29, 0.717) is 17.9 Å². The van der Waals surface area contributed by atoms with Gasteiger partial charge in [0.2, 0.25) is 5.91 Å². The first-order valence-corrected chi connectivity index (χ1v) is 10.4. The van der Waals surface area contributed by atoms with Crippen LogP contribution in [0.4, 0.5) is 0 Å². The number of nitrogens with zero attached hydrogens (tertiary/aromatic N) is 1. The van der Waals surface area contributed by atoms with Crippen LogP contribution >= 0.6 is 0 Å². The van der Waals surface area contributed by atoms with Crippen LogP contribution in [0.15, 0.2) is 85.1 Å². The normalized spacial score (nSPS) is 10.5. The molecular weight excluding hydrogens is 418 g/mol. The molecule has 0 radical (unpaired) electrons. The lowest BCUT2D eigenvalue weighted by Gasteiger charge is -2.10. The maximum absolute atomic E-state index is 12.3. The van der Waals surface area contributed by atoms with E-state index in [1.807, 2.05) is 42.5 Å². The summed E-state index contributed by atoms with van der Waals surface area (Å²) < 4.78 is 11.0. The number of amides is 2. The molecular formula is C26H23N3O4. The van der Waals surface area contributed by atoms with Crippen LogP contribution in [0, 0.1) is 0 Å². The average molecular weight is 441 g/mol. The fraction of sp³-hybridized carbons (Fsp3) is 0.115. The minimum atomic E-state index is -0.399. The number of hydrogen-bond acceptors (Lipinski definition) is 5. The molecule has 2 N–H and O–H groups in total. The van der Waals surface area contributed by atoms with Crippen LogP contribution in [0.5, 0.6) is 11.5 Å². The van der Waals surface area contributed by atoms with E-state index in [-0.39, 0.29) is 12.3 Å². The van der Waals surface area contributed by atoms with Gasteiger partial charge in [-0.2, -0.15) is 0 Å². The highest BCUT2D eigenvalue weighted by atomic mass is 16.5. The third-order valence-electron chi connectivity index (χ3n) is 5.05. The molecule has 7 nitrogen and oxygen atoms in total. The highest BCUT2D eigenvalue weighted by Gasteiger charge is 2.09. The van der Waals surface area contributed by atoms with Crippen LogP contribution in [0.25, 0.3) is 10.9 Å². The first-order chi connectivity index (χ1) is 16.1. The van der Waals surface area contributed by atoms with Gasteiger partial charge in [-0.1, -0.05) is 42.5 Å². The van der Waals surface area contributed by atoms with Gasteiger partial charge in [0.15, 0.2) is 0 Å². The van der Waals surface area contributed by atoms with Crippen molar-refractivity contribution in [3.8, 4) is 11.5 Å². The van der Waals surface area contributed by atoms with Crippen molar-refractivity contribution in [1.29, 1.82) is 0 Å². The van der Waals surface area contributed by atoms with Crippen LogP contribution in [-0.4, -0.2) is 23.9 Å². The lowest BCUT2D eigenvalue weighted by Crippen LogP contribution is -2.42. The zero-order valence-electron chi connectivity index (χ0n) is 18.1. The predicted octanol–water partition coefficient (Wildman–Crippen LogP) is 3.83. The monoisotopic (exact) mass is 441 g/mol.